The third kappa shape index (κ3) is 5.60. The molecule has 216 valence electrons. The number of carbonyl (C=O) groups is 1. The lowest BCUT2D eigenvalue weighted by Crippen LogP contribution is -2.42. The fourth-order valence-electron chi connectivity index (χ4n) is 6.03. The van der Waals surface area contributed by atoms with Crippen LogP contribution >= 0.6 is 23.2 Å². The summed E-state index contributed by atoms with van der Waals surface area (Å²) in [7, 11) is 1.62. The van der Waals surface area contributed by atoms with Crippen molar-refractivity contribution < 1.29 is 14.3 Å². The lowest BCUT2D eigenvalue weighted by Gasteiger charge is -2.44. The molecule has 42 heavy (non-hydrogen) atoms. The number of carbonyl (C=O) groups excluding carboxylic acids is 1. The van der Waals surface area contributed by atoms with Crippen LogP contribution in [-0.2, 0) is 11.4 Å². The van der Waals surface area contributed by atoms with Gasteiger partial charge in [-0.3, -0.25) is 9.69 Å². The number of Topliss-reactive ketones (excluding diaryl/α,β-unsaturated/α-hetero) is 1. The molecule has 0 spiro atoms. The lowest BCUT2D eigenvalue weighted by molar-refractivity contribution is -0.118. The van der Waals surface area contributed by atoms with Crippen molar-refractivity contribution in [3.05, 3.63) is 110 Å². The minimum absolute atomic E-state index is 0.00145. The molecule has 0 aromatic heterocycles. The number of ether oxygens (including phenoxy) is 2. The first-order valence-corrected chi connectivity index (χ1v) is 14.5. The molecule has 3 aromatic carbocycles. The predicted octanol–water partition coefficient (Wildman–Crippen LogP) is 8.14. The number of nitrogens with two attached hydrogens (primary N) is 1. The van der Waals surface area contributed by atoms with Crippen molar-refractivity contribution in [2.24, 2.45) is 11.1 Å². The lowest BCUT2D eigenvalue weighted by atomic mass is 9.68. The van der Waals surface area contributed by atoms with Gasteiger partial charge in [0.1, 0.15) is 23.9 Å². The van der Waals surface area contributed by atoms with Crippen molar-refractivity contribution in [2.75, 3.05) is 12.0 Å². The standard InChI is InChI=1S/C34H33Cl2N3O3/c1-19-10-21(18-42-26-8-6-25(41-5)7-9-26)20(2)27(11-19)31-28(17-37)33(38)39(24-13-22(35)12-23(36)14-24)29-15-34(3,4)16-30(40)32(29)31/h6-14,31H,15-16,18,38H2,1-5H3. The molecule has 0 fully saturated rings. The van der Waals surface area contributed by atoms with E-state index < -0.39 is 5.92 Å². The molecule has 0 radical (unpaired) electrons. The summed E-state index contributed by atoms with van der Waals surface area (Å²) < 4.78 is 11.4. The van der Waals surface area contributed by atoms with Gasteiger partial charge in [0.15, 0.2) is 5.78 Å². The van der Waals surface area contributed by atoms with Crippen LogP contribution in [0.2, 0.25) is 10.0 Å². The normalized spacial score (nSPS) is 18.1. The zero-order chi connectivity index (χ0) is 30.3. The second kappa shape index (κ2) is 11.4. The van der Waals surface area contributed by atoms with Crippen LogP contribution in [0.1, 0.15) is 54.9 Å². The first-order chi connectivity index (χ1) is 19.9. The number of ketones is 1. The van der Waals surface area contributed by atoms with Crippen LogP contribution in [0, 0.1) is 30.6 Å². The number of methoxy groups -OCH3 is 1. The van der Waals surface area contributed by atoms with Gasteiger partial charge in [0.25, 0.3) is 0 Å². The molecule has 8 heteroatoms. The van der Waals surface area contributed by atoms with Gasteiger partial charge in [-0.2, -0.15) is 5.26 Å². The van der Waals surface area contributed by atoms with E-state index >= 15 is 0 Å². The van der Waals surface area contributed by atoms with Crippen molar-refractivity contribution in [1.29, 1.82) is 5.26 Å². The van der Waals surface area contributed by atoms with Crippen molar-refractivity contribution in [3.8, 4) is 17.6 Å². The van der Waals surface area contributed by atoms with Gasteiger partial charge < -0.3 is 15.2 Å². The van der Waals surface area contributed by atoms with Gasteiger partial charge in [-0.1, -0.05) is 54.7 Å². The van der Waals surface area contributed by atoms with Gasteiger partial charge in [-0.25, -0.2) is 0 Å². The zero-order valence-corrected chi connectivity index (χ0v) is 25.9. The maximum absolute atomic E-state index is 14.0. The van der Waals surface area contributed by atoms with Gasteiger partial charge in [-0.15, -0.1) is 0 Å². The Bertz CT molecular complexity index is 1660. The molecular formula is C34H33Cl2N3O3. The Labute approximate surface area is 256 Å². The number of nitrogens with zero attached hydrogens (tertiary/aromatic N) is 2. The fraction of sp³-hybridized carbons (Fsp3) is 0.294. The van der Waals surface area contributed by atoms with Crippen LogP contribution in [-0.4, -0.2) is 12.9 Å². The monoisotopic (exact) mass is 601 g/mol. The number of anilines is 1. The van der Waals surface area contributed by atoms with E-state index in [2.05, 4.69) is 26.0 Å². The Morgan fingerprint density at radius 3 is 2.29 bits per heavy atom. The molecule has 0 saturated heterocycles. The SMILES string of the molecule is COc1ccc(OCc2cc(C)cc(C3C(C#N)=C(N)N(c4cc(Cl)cc(Cl)c4)C4=C3C(=O)CC(C)(C)C4)c2C)cc1. The third-order valence-electron chi connectivity index (χ3n) is 7.95. The highest BCUT2D eigenvalue weighted by Crippen LogP contribution is 2.51. The summed E-state index contributed by atoms with van der Waals surface area (Å²) in [6, 6.07) is 19.0. The summed E-state index contributed by atoms with van der Waals surface area (Å²) in [6.07, 6.45) is 0.954. The van der Waals surface area contributed by atoms with E-state index in [0.717, 1.165) is 33.7 Å². The molecule has 1 unspecified atom stereocenters. The van der Waals surface area contributed by atoms with E-state index in [-0.39, 0.29) is 17.0 Å². The van der Waals surface area contributed by atoms with E-state index in [1.54, 1.807) is 30.2 Å². The van der Waals surface area contributed by atoms with E-state index in [4.69, 9.17) is 38.4 Å². The molecule has 1 atom stereocenters. The summed E-state index contributed by atoms with van der Waals surface area (Å²) >= 11 is 12.8. The van der Waals surface area contributed by atoms with Crippen molar-refractivity contribution in [3.63, 3.8) is 0 Å². The molecule has 5 rings (SSSR count). The largest absolute Gasteiger partial charge is 0.497 e. The number of hydrogen-bond acceptors (Lipinski definition) is 6. The van der Waals surface area contributed by atoms with Crippen LogP contribution in [0.4, 0.5) is 5.69 Å². The van der Waals surface area contributed by atoms with Crippen LogP contribution < -0.4 is 20.1 Å². The second-order valence-electron chi connectivity index (χ2n) is 11.7. The highest BCUT2D eigenvalue weighted by atomic mass is 35.5. The molecule has 2 aliphatic rings. The first-order valence-electron chi connectivity index (χ1n) is 13.7. The number of nitriles is 1. The van der Waals surface area contributed by atoms with Gasteiger partial charge in [0, 0.05) is 27.7 Å². The molecule has 2 N–H and O–H groups in total. The maximum atomic E-state index is 14.0. The molecule has 0 amide bonds. The smallest absolute Gasteiger partial charge is 0.162 e. The van der Waals surface area contributed by atoms with Gasteiger partial charge >= 0.3 is 0 Å². The van der Waals surface area contributed by atoms with E-state index in [1.807, 2.05) is 44.2 Å². The average Bonchev–Trinajstić information content (AvgIpc) is 2.91. The molecular weight excluding hydrogens is 569 g/mol. The van der Waals surface area contributed by atoms with E-state index in [1.165, 1.54) is 0 Å². The highest BCUT2D eigenvalue weighted by molar-refractivity contribution is 6.35. The minimum atomic E-state index is -0.612. The number of benzene rings is 3. The second-order valence-corrected chi connectivity index (χ2v) is 12.6. The summed E-state index contributed by atoms with van der Waals surface area (Å²) in [5.74, 6) is 1.12. The number of halogens is 2. The average molecular weight is 603 g/mol. The van der Waals surface area contributed by atoms with Gasteiger partial charge in [0.05, 0.1) is 30.4 Å². The van der Waals surface area contributed by atoms with Crippen LogP contribution in [0.3, 0.4) is 0 Å². The van der Waals surface area contributed by atoms with Gasteiger partial charge in [0.2, 0.25) is 0 Å². The first kappa shape index (κ1) is 29.6. The van der Waals surface area contributed by atoms with Crippen molar-refractivity contribution in [1.82, 2.24) is 0 Å². The number of rotatable bonds is 6. The van der Waals surface area contributed by atoms with Crippen LogP contribution in [0.15, 0.2) is 77.3 Å². The third-order valence-corrected chi connectivity index (χ3v) is 8.39. The van der Waals surface area contributed by atoms with E-state index in [0.29, 0.717) is 52.1 Å². The number of allylic oxidation sites excluding steroid dienone is 3. The van der Waals surface area contributed by atoms with E-state index in [9.17, 15) is 10.1 Å². The summed E-state index contributed by atoms with van der Waals surface area (Å²) in [4.78, 5) is 15.8. The Kier molecular flexibility index (Phi) is 8.02. The molecule has 0 bridgehead atoms. The summed E-state index contributed by atoms with van der Waals surface area (Å²) in [5.41, 5.74) is 12.6. The summed E-state index contributed by atoms with van der Waals surface area (Å²) in [6.45, 7) is 8.47. The van der Waals surface area contributed by atoms with Crippen molar-refractivity contribution >= 4 is 34.7 Å². The highest BCUT2D eigenvalue weighted by Gasteiger charge is 2.45. The maximum Gasteiger partial charge on any atom is 0.162 e. The quantitative estimate of drug-likeness (QED) is 0.307. The minimum Gasteiger partial charge on any atom is -0.497 e. The zero-order valence-electron chi connectivity index (χ0n) is 24.3. The number of aryl methyl sites for hydroxylation is 1. The Morgan fingerprint density at radius 1 is 1.02 bits per heavy atom. The Balaban J connectivity index is 1.65. The van der Waals surface area contributed by atoms with Crippen LogP contribution in [0.25, 0.3) is 0 Å². The topological polar surface area (TPSA) is 88.6 Å². The fourth-order valence-corrected chi connectivity index (χ4v) is 6.54. The Morgan fingerprint density at radius 2 is 1.67 bits per heavy atom. The molecule has 0 saturated carbocycles. The summed E-state index contributed by atoms with van der Waals surface area (Å²) in [5, 5.41) is 11.4. The molecule has 1 aliphatic carbocycles. The Hall–Kier alpha value is -3.92. The number of hydrogen-bond donors (Lipinski definition) is 1. The predicted molar refractivity (Wildman–Crippen MR) is 167 cm³/mol. The molecule has 6 nitrogen and oxygen atoms in total. The molecule has 3 aromatic rings. The van der Waals surface area contributed by atoms with Gasteiger partial charge in [-0.05, 0) is 84.8 Å². The van der Waals surface area contributed by atoms with Crippen LogP contribution in [0.5, 0.6) is 11.5 Å². The van der Waals surface area contributed by atoms with Crippen molar-refractivity contribution in [2.45, 2.75) is 53.1 Å². The molecule has 1 heterocycles. The molecule has 1 aliphatic heterocycles.